The minimum Gasteiger partial charge on any atom is -0.326 e. The number of fused-ring (bicyclic) bond motifs is 1. The number of imidazole rings is 1. The predicted molar refractivity (Wildman–Crippen MR) is 76.4 cm³/mol. The van der Waals surface area contributed by atoms with E-state index in [-0.39, 0.29) is 0 Å². The zero-order chi connectivity index (χ0) is 13.4. The number of pyridine rings is 1. The van der Waals surface area contributed by atoms with Crippen LogP contribution in [0.3, 0.4) is 0 Å². The highest BCUT2D eigenvalue weighted by Crippen LogP contribution is 2.27. The van der Waals surface area contributed by atoms with Crippen LogP contribution in [-0.2, 0) is 7.05 Å². The van der Waals surface area contributed by atoms with Gasteiger partial charge in [-0.2, -0.15) is 5.26 Å². The fraction of sp³-hybridized carbons (Fsp3) is 0.0714. The monoisotopic (exact) mass is 312 g/mol. The van der Waals surface area contributed by atoms with Gasteiger partial charge in [-0.3, -0.25) is 4.98 Å². The van der Waals surface area contributed by atoms with Crippen LogP contribution in [0.25, 0.3) is 22.6 Å². The van der Waals surface area contributed by atoms with Crippen molar-refractivity contribution >= 4 is 27.0 Å². The quantitative estimate of drug-likeness (QED) is 0.693. The number of aryl methyl sites for hydroxylation is 1. The van der Waals surface area contributed by atoms with Gasteiger partial charge in [0.25, 0.3) is 0 Å². The van der Waals surface area contributed by atoms with E-state index in [0.717, 1.165) is 27.0 Å². The molecule has 0 aliphatic heterocycles. The molecule has 0 aliphatic carbocycles. The Labute approximate surface area is 118 Å². The third-order valence-corrected chi connectivity index (χ3v) is 3.62. The van der Waals surface area contributed by atoms with Crippen molar-refractivity contribution < 1.29 is 0 Å². The molecule has 2 heterocycles. The van der Waals surface area contributed by atoms with Crippen LogP contribution < -0.4 is 0 Å². The Hall–Kier alpha value is -2.19. The second kappa shape index (κ2) is 4.48. The van der Waals surface area contributed by atoms with Crippen molar-refractivity contribution in [1.82, 2.24) is 14.5 Å². The molecule has 0 aliphatic rings. The van der Waals surface area contributed by atoms with Crippen molar-refractivity contribution in [3.8, 4) is 17.6 Å². The number of nitrogens with zero attached hydrogens (tertiary/aromatic N) is 4. The van der Waals surface area contributed by atoms with Crippen LogP contribution in [0.15, 0.2) is 41.0 Å². The number of nitriles is 1. The summed E-state index contributed by atoms with van der Waals surface area (Å²) in [5.41, 5.74) is 3.18. The molecule has 0 amide bonds. The van der Waals surface area contributed by atoms with Gasteiger partial charge in [0.15, 0.2) is 5.82 Å². The molecular weight excluding hydrogens is 304 g/mol. The average molecular weight is 313 g/mol. The summed E-state index contributed by atoms with van der Waals surface area (Å²) in [6, 6.07) is 11.4. The van der Waals surface area contributed by atoms with Crippen LogP contribution in [0.2, 0.25) is 0 Å². The van der Waals surface area contributed by atoms with Gasteiger partial charge < -0.3 is 4.57 Å². The summed E-state index contributed by atoms with van der Waals surface area (Å²) in [6.45, 7) is 0. The Morgan fingerprint density at radius 2 is 2.16 bits per heavy atom. The second-order valence-corrected chi connectivity index (χ2v) is 5.00. The molecule has 0 radical (unpaired) electrons. The van der Waals surface area contributed by atoms with E-state index in [1.807, 2.05) is 29.8 Å². The molecule has 0 atom stereocenters. The maximum atomic E-state index is 8.93. The van der Waals surface area contributed by atoms with Gasteiger partial charge in [-0.1, -0.05) is 0 Å². The van der Waals surface area contributed by atoms with Gasteiger partial charge in [0.05, 0.1) is 22.7 Å². The van der Waals surface area contributed by atoms with Gasteiger partial charge in [0, 0.05) is 17.7 Å². The Morgan fingerprint density at radius 3 is 2.89 bits per heavy atom. The third kappa shape index (κ3) is 1.90. The molecule has 0 saturated carbocycles. The summed E-state index contributed by atoms with van der Waals surface area (Å²) in [7, 11) is 1.94. The first-order chi connectivity index (χ1) is 9.20. The summed E-state index contributed by atoms with van der Waals surface area (Å²) in [5.74, 6) is 0.776. The largest absolute Gasteiger partial charge is 0.326 e. The lowest BCUT2D eigenvalue weighted by Gasteiger charge is -2.03. The van der Waals surface area contributed by atoms with Gasteiger partial charge in [0.1, 0.15) is 5.69 Å². The molecule has 3 rings (SSSR count). The highest BCUT2D eigenvalue weighted by Gasteiger charge is 2.13. The van der Waals surface area contributed by atoms with Crippen LogP contribution >= 0.6 is 15.9 Å². The number of halogens is 1. The van der Waals surface area contributed by atoms with Crippen LogP contribution in [0.5, 0.6) is 0 Å². The first-order valence-electron chi connectivity index (χ1n) is 5.68. The van der Waals surface area contributed by atoms with E-state index in [4.69, 9.17) is 5.26 Å². The van der Waals surface area contributed by atoms with Gasteiger partial charge in [0.2, 0.25) is 0 Å². The zero-order valence-corrected chi connectivity index (χ0v) is 11.7. The van der Waals surface area contributed by atoms with Crippen molar-refractivity contribution in [3.05, 3.63) is 46.6 Å². The molecule has 92 valence electrons. The molecule has 4 nitrogen and oxygen atoms in total. The SMILES string of the molecule is Cn1c(-c2ncccc2Br)nc2cc(C#N)ccc21. The molecule has 0 unspecified atom stereocenters. The second-order valence-electron chi connectivity index (χ2n) is 4.14. The molecule has 0 N–H and O–H groups in total. The molecule has 3 aromatic rings. The van der Waals surface area contributed by atoms with Crippen molar-refractivity contribution in [3.63, 3.8) is 0 Å². The molecule has 19 heavy (non-hydrogen) atoms. The lowest BCUT2D eigenvalue weighted by atomic mass is 10.2. The van der Waals surface area contributed by atoms with Crippen LogP contribution in [-0.4, -0.2) is 14.5 Å². The molecule has 0 spiro atoms. The highest BCUT2D eigenvalue weighted by molar-refractivity contribution is 9.10. The molecular formula is C14H9BrN4. The summed E-state index contributed by atoms with van der Waals surface area (Å²) in [6.07, 6.45) is 1.74. The average Bonchev–Trinajstić information content (AvgIpc) is 2.76. The molecule has 5 heteroatoms. The molecule has 0 bridgehead atoms. The third-order valence-electron chi connectivity index (χ3n) is 2.98. The maximum Gasteiger partial charge on any atom is 0.160 e. The fourth-order valence-electron chi connectivity index (χ4n) is 2.03. The van der Waals surface area contributed by atoms with E-state index < -0.39 is 0 Å². The van der Waals surface area contributed by atoms with Crippen LogP contribution in [0.1, 0.15) is 5.56 Å². The smallest absolute Gasteiger partial charge is 0.160 e. The Bertz CT molecular complexity index is 814. The normalized spacial score (nSPS) is 10.6. The van der Waals surface area contributed by atoms with Crippen LogP contribution in [0.4, 0.5) is 0 Å². The standard InChI is InChI=1S/C14H9BrN4/c1-19-12-5-4-9(8-16)7-11(12)18-14(19)13-10(15)3-2-6-17-13/h2-7H,1H3. The van der Waals surface area contributed by atoms with E-state index >= 15 is 0 Å². The van der Waals surface area contributed by atoms with E-state index in [9.17, 15) is 0 Å². The minimum absolute atomic E-state index is 0.609. The van der Waals surface area contributed by atoms with E-state index in [1.54, 1.807) is 18.3 Å². The lowest BCUT2D eigenvalue weighted by molar-refractivity contribution is 0.949. The minimum atomic E-state index is 0.609. The maximum absolute atomic E-state index is 8.93. The van der Waals surface area contributed by atoms with Gasteiger partial charge in [-0.05, 0) is 46.3 Å². The highest BCUT2D eigenvalue weighted by atomic mass is 79.9. The van der Waals surface area contributed by atoms with Crippen LogP contribution in [0, 0.1) is 11.3 Å². The summed E-state index contributed by atoms with van der Waals surface area (Å²) >= 11 is 3.48. The van der Waals surface area contributed by atoms with E-state index in [0.29, 0.717) is 5.56 Å². The van der Waals surface area contributed by atoms with Gasteiger partial charge in [-0.15, -0.1) is 0 Å². The number of hydrogen-bond acceptors (Lipinski definition) is 3. The number of benzene rings is 1. The van der Waals surface area contributed by atoms with E-state index in [1.165, 1.54) is 0 Å². The van der Waals surface area contributed by atoms with Gasteiger partial charge >= 0.3 is 0 Å². The van der Waals surface area contributed by atoms with E-state index in [2.05, 4.69) is 32.0 Å². The van der Waals surface area contributed by atoms with Crippen molar-refractivity contribution in [2.75, 3.05) is 0 Å². The van der Waals surface area contributed by atoms with Crippen molar-refractivity contribution in [2.45, 2.75) is 0 Å². The Kier molecular flexibility index (Phi) is 2.80. The van der Waals surface area contributed by atoms with Crippen molar-refractivity contribution in [2.24, 2.45) is 7.05 Å². The Morgan fingerprint density at radius 1 is 1.32 bits per heavy atom. The number of hydrogen-bond donors (Lipinski definition) is 0. The zero-order valence-electron chi connectivity index (χ0n) is 10.1. The summed E-state index contributed by atoms with van der Waals surface area (Å²) in [5, 5.41) is 8.93. The topological polar surface area (TPSA) is 54.5 Å². The predicted octanol–water partition coefficient (Wildman–Crippen LogP) is 3.27. The Balaban J connectivity index is 2.29. The molecule has 0 saturated heterocycles. The first-order valence-corrected chi connectivity index (χ1v) is 6.47. The number of aromatic nitrogens is 3. The molecule has 2 aromatic heterocycles. The lowest BCUT2D eigenvalue weighted by Crippen LogP contribution is -1.95. The molecule has 1 aromatic carbocycles. The fourth-order valence-corrected chi connectivity index (χ4v) is 2.46. The summed E-state index contributed by atoms with van der Waals surface area (Å²) < 4.78 is 2.87. The van der Waals surface area contributed by atoms with Crippen molar-refractivity contribution in [1.29, 1.82) is 5.26 Å². The molecule has 0 fully saturated rings. The summed E-state index contributed by atoms with van der Waals surface area (Å²) in [4.78, 5) is 8.92. The van der Waals surface area contributed by atoms with Gasteiger partial charge in [-0.25, -0.2) is 4.98 Å². The first kappa shape index (κ1) is 11.9. The number of rotatable bonds is 1.